The summed E-state index contributed by atoms with van der Waals surface area (Å²) in [6.07, 6.45) is 5.85. The van der Waals surface area contributed by atoms with E-state index in [1.807, 2.05) is 42.9 Å². The van der Waals surface area contributed by atoms with E-state index in [4.69, 9.17) is 0 Å². The number of rotatable bonds is 5. The molecular formula is C18H27IN6S. The van der Waals surface area contributed by atoms with E-state index >= 15 is 0 Å². The lowest BCUT2D eigenvalue weighted by molar-refractivity contribution is 0.372. The van der Waals surface area contributed by atoms with Gasteiger partial charge in [-0.05, 0) is 18.6 Å². The quantitative estimate of drug-likeness (QED) is 0.400. The monoisotopic (exact) mass is 486 g/mol. The van der Waals surface area contributed by atoms with Gasteiger partial charge in [0.1, 0.15) is 5.82 Å². The zero-order chi connectivity index (χ0) is 17.5. The van der Waals surface area contributed by atoms with Gasteiger partial charge in [0, 0.05) is 63.5 Å². The molecule has 1 N–H and O–H groups in total. The number of halogens is 1. The van der Waals surface area contributed by atoms with Crippen LogP contribution in [0.2, 0.25) is 0 Å². The van der Waals surface area contributed by atoms with E-state index in [1.54, 1.807) is 0 Å². The highest BCUT2D eigenvalue weighted by molar-refractivity contribution is 14.0. The summed E-state index contributed by atoms with van der Waals surface area (Å²) in [5.41, 5.74) is 0. The van der Waals surface area contributed by atoms with Crippen LogP contribution in [0.25, 0.3) is 0 Å². The number of hydrogen-bond acceptors (Lipinski definition) is 5. The van der Waals surface area contributed by atoms with Crippen molar-refractivity contribution in [3.05, 3.63) is 40.5 Å². The molecular weight excluding hydrogens is 459 g/mol. The van der Waals surface area contributed by atoms with Crippen LogP contribution in [-0.4, -0.2) is 60.6 Å². The third-order valence-electron chi connectivity index (χ3n) is 4.34. The molecule has 0 radical (unpaired) electrons. The van der Waals surface area contributed by atoms with Gasteiger partial charge >= 0.3 is 0 Å². The van der Waals surface area contributed by atoms with Crippen molar-refractivity contribution in [2.75, 3.05) is 44.7 Å². The third-order valence-corrected chi connectivity index (χ3v) is 5.54. The minimum Gasteiger partial charge on any atom is -0.356 e. The zero-order valence-electron chi connectivity index (χ0n) is 15.4. The summed E-state index contributed by atoms with van der Waals surface area (Å²) in [7, 11) is 1.85. The summed E-state index contributed by atoms with van der Waals surface area (Å²) in [5, 5.41) is 4.67. The van der Waals surface area contributed by atoms with Gasteiger partial charge in [0.05, 0.1) is 5.01 Å². The van der Waals surface area contributed by atoms with Crippen LogP contribution >= 0.6 is 35.3 Å². The molecule has 2 aromatic heterocycles. The second-order valence-electron chi connectivity index (χ2n) is 5.96. The topological polar surface area (TPSA) is 56.7 Å². The summed E-state index contributed by atoms with van der Waals surface area (Å²) >= 11 is 1.81. The van der Waals surface area contributed by atoms with Crippen LogP contribution in [0.1, 0.15) is 16.8 Å². The van der Waals surface area contributed by atoms with Crippen LogP contribution in [0.4, 0.5) is 5.82 Å². The second-order valence-corrected chi connectivity index (χ2v) is 7.16. The molecule has 1 fully saturated rings. The van der Waals surface area contributed by atoms with Gasteiger partial charge in [0.25, 0.3) is 0 Å². The van der Waals surface area contributed by atoms with Gasteiger partial charge in [-0.1, -0.05) is 13.0 Å². The highest BCUT2D eigenvalue weighted by atomic mass is 127. The molecule has 0 aromatic carbocycles. The zero-order valence-corrected chi connectivity index (χ0v) is 18.5. The van der Waals surface area contributed by atoms with Gasteiger partial charge in [0.2, 0.25) is 0 Å². The lowest BCUT2D eigenvalue weighted by Crippen LogP contribution is -2.53. The van der Waals surface area contributed by atoms with Crippen molar-refractivity contribution < 1.29 is 0 Å². The Bertz CT molecular complexity index is 682. The maximum absolute atomic E-state index is 4.48. The van der Waals surface area contributed by atoms with Crippen molar-refractivity contribution in [1.82, 2.24) is 20.2 Å². The molecule has 142 valence electrons. The number of guanidine groups is 1. The van der Waals surface area contributed by atoms with Crippen molar-refractivity contribution >= 4 is 47.1 Å². The fourth-order valence-electron chi connectivity index (χ4n) is 2.93. The Morgan fingerprint density at radius 3 is 2.65 bits per heavy atom. The Kier molecular flexibility index (Phi) is 8.56. The van der Waals surface area contributed by atoms with Crippen molar-refractivity contribution in [2.24, 2.45) is 4.99 Å². The van der Waals surface area contributed by atoms with Crippen molar-refractivity contribution in [1.29, 1.82) is 0 Å². The Morgan fingerprint density at radius 1 is 1.23 bits per heavy atom. The van der Waals surface area contributed by atoms with Crippen LogP contribution in [0.3, 0.4) is 0 Å². The fourth-order valence-corrected chi connectivity index (χ4v) is 3.79. The molecule has 1 aliphatic rings. The van der Waals surface area contributed by atoms with E-state index in [-0.39, 0.29) is 24.0 Å². The SMILES string of the molecule is CCc1cnc(CCNC(=NC)N2CCN(c3ccccn3)CC2)s1.I. The van der Waals surface area contributed by atoms with Gasteiger partial charge in [-0.25, -0.2) is 9.97 Å². The number of piperazine rings is 1. The van der Waals surface area contributed by atoms with E-state index < -0.39 is 0 Å². The van der Waals surface area contributed by atoms with E-state index in [2.05, 4.69) is 43.1 Å². The maximum Gasteiger partial charge on any atom is 0.193 e. The molecule has 0 spiro atoms. The van der Waals surface area contributed by atoms with Crippen LogP contribution in [0, 0.1) is 0 Å². The highest BCUT2D eigenvalue weighted by Gasteiger charge is 2.20. The number of aliphatic imine (C=N–C) groups is 1. The molecule has 0 bridgehead atoms. The predicted octanol–water partition coefficient (Wildman–Crippen LogP) is 2.66. The number of pyridine rings is 1. The standard InChI is InChI=1S/C18H26N6S.HI/c1-3-15-14-22-17(25-15)7-9-21-18(19-2)24-12-10-23(11-13-24)16-6-4-5-8-20-16;/h4-6,8,14H,3,7,9-13H2,1-2H3,(H,19,21);1H. The lowest BCUT2D eigenvalue weighted by Gasteiger charge is -2.37. The summed E-state index contributed by atoms with van der Waals surface area (Å²) in [6, 6.07) is 6.07. The predicted molar refractivity (Wildman–Crippen MR) is 120 cm³/mol. The van der Waals surface area contributed by atoms with Crippen LogP contribution in [0.15, 0.2) is 35.6 Å². The number of anilines is 1. The summed E-state index contributed by atoms with van der Waals surface area (Å²) in [6.45, 7) is 6.86. The van der Waals surface area contributed by atoms with Crippen LogP contribution < -0.4 is 10.2 Å². The van der Waals surface area contributed by atoms with E-state index in [0.717, 1.165) is 57.3 Å². The Balaban J connectivity index is 0.00000243. The van der Waals surface area contributed by atoms with Gasteiger partial charge in [-0.2, -0.15) is 0 Å². The molecule has 3 heterocycles. The lowest BCUT2D eigenvalue weighted by atomic mass is 10.3. The average Bonchev–Trinajstić information content (AvgIpc) is 3.14. The Hall–Kier alpha value is -1.42. The summed E-state index contributed by atoms with van der Waals surface area (Å²) in [5.74, 6) is 2.04. The second kappa shape index (κ2) is 10.7. The van der Waals surface area contributed by atoms with Gasteiger partial charge in [-0.15, -0.1) is 35.3 Å². The largest absolute Gasteiger partial charge is 0.356 e. The third kappa shape index (κ3) is 5.54. The molecule has 6 nitrogen and oxygen atoms in total. The van der Waals surface area contributed by atoms with E-state index in [9.17, 15) is 0 Å². The molecule has 0 saturated carbocycles. The molecule has 0 atom stereocenters. The smallest absolute Gasteiger partial charge is 0.193 e. The van der Waals surface area contributed by atoms with E-state index in [1.165, 1.54) is 9.88 Å². The number of aryl methyl sites for hydroxylation is 1. The number of thiazole rings is 1. The normalized spacial score (nSPS) is 14.9. The molecule has 0 aliphatic carbocycles. The molecule has 1 saturated heterocycles. The minimum atomic E-state index is 0. The first-order valence-corrected chi connectivity index (χ1v) is 9.67. The Labute approximate surface area is 176 Å². The molecule has 0 unspecified atom stereocenters. The van der Waals surface area contributed by atoms with Gasteiger partial charge < -0.3 is 15.1 Å². The van der Waals surface area contributed by atoms with Gasteiger partial charge in [-0.3, -0.25) is 4.99 Å². The summed E-state index contributed by atoms with van der Waals surface area (Å²) in [4.78, 5) is 19.4. The fraction of sp³-hybridized carbons (Fsp3) is 0.500. The van der Waals surface area contributed by atoms with Crippen LogP contribution in [-0.2, 0) is 12.8 Å². The summed E-state index contributed by atoms with van der Waals surface area (Å²) < 4.78 is 0. The minimum absolute atomic E-state index is 0. The first-order valence-electron chi connectivity index (χ1n) is 8.85. The van der Waals surface area contributed by atoms with E-state index in [0.29, 0.717) is 0 Å². The molecule has 26 heavy (non-hydrogen) atoms. The maximum atomic E-state index is 4.48. The van der Waals surface area contributed by atoms with Crippen molar-refractivity contribution in [3.8, 4) is 0 Å². The molecule has 0 amide bonds. The highest BCUT2D eigenvalue weighted by Crippen LogP contribution is 2.14. The Morgan fingerprint density at radius 2 is 2.04 bits per heavy atom. The molecule has 2 aromatic rings. The number of nitrogens with one attached hydrogen (secondary N) is 1. The number of hydrogen-bond donors (Lipinski definition) is 1. The van der Waals surface area contributed by atoms with Crippen LogP contribution in [0.5, 0.6) is 0 Å². The van der Waals surface area contributed by atoms with Crippen molar-refractivity contribution in [2.45, 2.75) is 19.8 Å². The first-order chi connectivity index (χ1) is 12.3. The average molecular weight is 486 g/mol. The molecule has 3 rings (SSSR count). The molecule has 8 heteroatoms. The van der Waals surface area contributed by atoms with Crippen molar-refractivity contribution in [3.63, 3.8) is 0 Å². The van der Waals surface area contributed by atoms with Gasteiger partial charge in [0.15, 0.2) is 5.96 Å². The first kappa shape index (κ1) is 20.9. The number of aromatic nitrogens is 2. The number of nitrogens with zero attached hydrogens (tertiary/aromatic N) is 5. The molecule has 1 aliphatic heterocycles.